The van der Waals surface area contributed by atoms with E-state index in [0.29, 0.717) is 12.1 Å². The van der Waals surface area contributed by atoms with Crippen molar-refractivity contribution in [2.75, 3.05) is 7.05 Å². The van der Waals surface area contributed by atoms with Gasteiger partial charge >= 0.3 is 0 Å². The number of benzene rings is 2. The molecule has 4 aromatic rings. The summed E-state index contributed by atoms with van der Waals surface area (Å²) in [7, 11) is -2.05. The van der Waals surface area contributed by atoms with Gasteiger partial charge in [-0.05, 0) is 61.9 Å². The van der Waals surface area contributed by atoms with Crippen LogP contribution in [-0.4, -0.2) is 46.3 Å². The van der Waals surface area contributed by atoms with Gasteiger partial charge in [0.2, 0.25) is 10.0 Å². The van der Waals surface area contributed by atoms with Gasteiger partial charge in [-0.15, -0.1) is 0 Å². The molecule has 170 valence electrons. The summed E-state index contributed by atoms with van der Waals surface area (Å²) in [6, 6.07) is 17.4. The Morgan fingerprint density at radius 1 is 1.03 bits per heavy atom. The minimum Gasteiger partial charge on any atom is -0.348 e. The van der Waals surface area contributed by atoms with E-state index in [-0.39, 0.29) is 16.8 Å². The standard InChI is InChI=1S/C24H25N5O3S/c1-17(2)28(3)33(31,32)20-11-9-19(10-12-20)24(30)26-15-18-8-13-23(25-14-18)29-16-27-21-6-4-5-7-22(21)29/h4-14,16-17H,15H2,1-3H3,(H,26,30). The number of rotatable bonds is 7. The monoisotopic (exact) mass is 463 g/mol. The smallest absolute Gasteiger partial charge is 0.251 e. The SMILES string of the molecule is CC(C)N(C)S(=O)(=O)c1ccc(C(=O)NCc2ccc(-n3cnc4ccccc43)nc2)cc1. The molecule has 2 heterocycles. The van der Waals surface area contributed by atoms with Crippen LogP contribution < -0.4 is 5.32 Å². The normalized spacial score (nSPS) is 11.9. The van der Waals surface area contributed by atoms with Crippen molar-refractivity contribution in [3.8, 4) is 5.82 Å². The number of fused-ring (bicyclic) bond motifs is 1. The van der Waals surface area contributed by atoms with Crippen LogP contribution >= 0.6 is 0 Å². The molecule has 0 unspecified atom stereocenters. The highest BCUT2D eigenvalue weighted by atomic mass is 32.2. The van der Waals surface area contributed by atoms with Gasteiger partial charge in [0.25, 0.3) is 5.91 Å². The highest BCUT2D eigenvalue weighted by Crippen LogP contribution is 2.18. The van der Waals surface area contributed by atoms with Gasteiger partial charge in [-0.2, -0.15) is 4.31 Å². The molecular formula is C24H25N5O3S. The Morgan fingerprint density at radius 2 is 1.76 bits per heavy atom. The number of nitrogens with zero attached hydrogens (tertiary/aromatic N) is 4. The molecule has 1 amide bonds. The summed E-state index contributed by atoms with van der Waals surface area (Å²) >= 11 is 0. The maximum absolute atomic E-state index is 12.6. The largest absolute Gasteiger partial charge is 0.348 e. The van der Waals surface area contributed by atoms with Crippen LogP contribution in [0.2, 0.25) is 0 Å². The van der Waals surface area contributed by atoms with Crippen LogP contribution in [0.1, 0.15) is 29.8 Å². The molecule has 0 saturated carbocycles. The molecule has 0 aliphatic heterocycles. The zero-order chi connectivity index (χ0) is 23.6. The van der Waals surface area contributed by atoms with Crippen molar-refractivity contribution in [3.05, 3.63) is 84.3 Å². The first kappa shape index (κ1) is 22.6. The predicted molar refractivity (Wildman–Crippen MR) is 127 cm³/mol. The number of pyridine rings is 1. The highest BCUT2D eigenvalue weighted by Gasteiger charge is 2.23. The zero-order valence-corrected chi connectivity index (χ0v) is 19.5. The molecule has 2 aromatic carbocycles. The van der Waals surface area contributed by atoms with E-state index in [1.165, 1.54) is 35.6 Å². The summed E-state index contributed by atoms with van der Waals surface area (Å²) in [6.07, 6.45) is 3.44. The fourth-order valence-corrected chi connectivity index (χ4v) is 4.68. The number of amides is 1. The Labute approximate surface area is 193 Å². The van der Waals surface area contributed by atoms with Gasteiger partial charge in [0, 0.05) is 31.4 Å². The minimum absolute atomic E-state index is 0.155. The number of carbonyl (C=O) groups is 1. The van der Waals surface area contributed by atoms with Crippen molar-refractivity contribution < 1.29 is 13.2 Å². The van der Waals surface area contributed by atoms with Crippen LogP contribution in [0, 0.1) is 0 Å². The van der Waals surface area contributed by atoms with E-state index in [2.05, 4.69) is 15.3 Å². The maximum Gasteiger partial charge on any atom is 0.251 e. The van der Waals surface area contributed by atoms with Gasteiger partial charge in [-0.25, -0.2) is 18.4 Å². The van der Waals surface area contributed by atoms with Crippen LogP contribution in [0.15, 0.2) is 78.1 Å². The molecule has 0 saturated heterocycles. The van der Waals surface area contributed by atoms with Crippen molar-refractivity contribution in [2.24, 2.45) is 0 Å². The molecule has 8 nitrogen and oxygen atoms in total. The van der Waals surface area contributed by atoms with Gasteiger partial charge in [-0.1, -0.05) is 18.2 Å². The molecule has 0 atom stereocenters. The average molecular weight is 464 g/mol. The molecule has 0 bridgehead atoms. The van der Waals surface area contributed by atoms with Crippen LogP contribution in [0.5, 0.6) is 0 Å². The highest BCUT2D eigenvalue weighted by molar-refractivity contribution is 7.89. The van der Waals surface area contributed by atoms with Crippen molar-refractivity contribution >= 4 is 27.0 Å². The molecule has 0 aliphatic rings. The fraction of sp³-hybridized carbons (Fsp3) is 0.208. The van der Waals surface area contributed by atoms with E-state index in [0.717, 1.165) is 22.4 Å². The first-order chi connectivity index (χ1) is 15.8. The van der Waals surface area contributed by atoms with Gasteiger partial charge in [0.1, 0.15) is 12.1 Å². The maximum atomic E-state index is 12.6. The summed E-state index contributed by atoms with van der Waals surface area (Å²) in [6.45, 7) is 3.91. The number of nitrogens with one attached hydrogen (secondary N) is 1. The second kappa shape index (κ2) is 9.13. The third-order valence-electron chi connectivity index (χ3n) is 5.48. The number of aromatic nitrogens is 3. The molecule has 0 aliphatic carbocycles. The Balaban J connectivity index is 1.41. The number of sulfonamides is 1. The number of para-hydroxylation sites is 2. The van der Waals surface area contributed by atoms with Crippen molar-refractivity contribution in [3.63, 3.8) is 0 Å². The minimum atomic E-state index is -3.59. The summed E-state index contributed by atoms with van der Waals surface area (Å²) in [5.41, 5.74) is 3.09. The number of hydrogen-bond acceptors (Lipinski definition) is 5. The average Bonchev–Trinajstić information content (AvgIpc) is 3.26. The summed E-state index contributed by atoms with van der Waals surface area (Å²) in [4.78, 5) is 21.5. The topological polar surface area (TPSA) is 97.2 Å². The molecule has 0 spiro atoms. The van der Waals surface area contributed by atoms with E-state index < -0.39 is 10.0 Å². The van der Waals surface area contributed by atoms with Gasteiger partial charge in [0.15, 0.2) is 0 Å². The number of imidazole rings is 1. The lowest BCUT2D eigenvalue weighted by atomic mass is 10.2. The lowest BCUT2D eigenvalue weighted by molar-refractivity contribution is 0.0950. The molecule has 0 radical (unpaired) electrons. The van der Waals surface area contributed by atoms with E-state index >= 15 is 0 Å². The molecular weight excluding hydrogens is 438 g/mol. The van der Waals surface area contributed by atoms with Gasteiger partial charge in [-0.3, -0.25) is 9.36 Å². The van der Waals surface area contributed by atoms with Gasteiger partial charge in [0.05, 0.1) is 15.9 Å². The Morgan fingerprint density at radius 3 is 2.42 bits per heavy atom. The fourth-order valence-electron chi connectivity index (χ4n) is 3.31. The summed E-state index contributed by atoms with van der Waals surface area (Å²) in [5.74, 6) is 0.447. The number of hydrogen-bond donors (Lipinski definition) is 1. The lowest BCUT2D eigenvalue weighted by Crippen LogP contribution is -2.33. The molecule has 1 N–H and O–H groups in total. The Bertz CT molecular complexity index is 1380. The molecule has 0 fully saturated rings. The number of carbonyl (C=O) groups excluding carboxylic acids is 1. The summed E-state index contributed by atoms with van der Waals surface area (Å²) < 4.78 is 28.3. The first-order valence-corrected chi connectivity index (χ1v) is 11.9. The molecule has 4 rings (SSSR count). The zero-order valence-electron chi connectivity index (χ0n) is 18.6. The van der Waals surface area contributed by atoms with Crippen molar-refractivity contribution in [2.45, 2.75) is 31.3 Å². The quantitative estimate of drug-likeness (QED) is 0.453. The first-order valence-electron chi connectivity index (χ1n) is 10.5. The lowest BCUT2D eigenvalue weighted by Gasteiger charge is -2.21. The molecule has 33 heavy (non-hydrogen) atoms. The van der Waals surface area contributed by atoms with E-state index in [4.69, 9.17) is 0 Å². The van der Waals surface area contributed by atoms with Crippen molar-refractivity contribution in [1.29, 1.82) is 0 Å². The molecule has 9 heteroatoms. The third-order valence-corrected chi connectivity index (χ3v) is 7.53. The molecule has 2 aromatic heterocycles. The van der Waals surface area contributed by atoms with E-state index in [9.17, 15) is 13.2 Å². The van der Waals surface area contributed by atoms with Gasteiger partial charge < -0.3 is 5.32 Å². The second-order valence-electron chi connectivity index (χ2n) is 7.95. The Kier molecular flexibility index (Phi) is 6.26. The van der Waals surface area contributed by atoms with E-state index in [1.807, 2.05) is 41.0 Å². The van der Waals surface area contributed by atoms with Crippen LogP contribution in [0.3, 0.4) is 0 Å². The van der Waals surface area contributed by atoms with Crippen LogP contribution in [0.4, 0.5) is 0 Å². The second-order valence-corrected chi connectivity index (χ2v) is 9.95. The third kappa shape index (κ3) is 4.64. The predicted octanol–water partition coefficient (Wildman–Crippen LogP) is 3.38. The van der Waals surface area contributed by atoms with E-state index in [1.54, 1.807) is 26.4 Å². The van der Waals surface area contributed by atoms with Crippen molar-refractivity contribution in [1.82, 2.24) is 24.2 Å². The summed E-state index contributed by atoms with van der Waals surface area (Å²) in [5, 5.41) is 2.84. The van der Waals surface area contributed by atoms with Crippen LogP contribution in [-0.2, 0) is 16.6 Å². The Hall–Kier alpha value is -3.56. The van der Waals surface area contributed by atoms with Crippen LogP contribution in [0.25, 0.3) is 16.9 Å².